The Morgan fingerprint density at radius 3 is 2.44 bits per heavy atom. The van der Waals surface area contributed by atoms with E-state index in [-0.39, 0.29) is 17.6 Å². The first-order valence-corrected chi connectivity index (χ1v) is 5.00. The summed E-state index contributed by atoms with van der Waals surface area (Å²) in [4.78, 5) is 21.3. The minimum absolute atomic E-state index is 0.0247. The summed E-state index contributed by atoms with van der Waals surface area (Å²) in [7, 11) is 0. The highest BCUT2D eigenvalue weighted by Crippen LogP contribution is 2.18. The van der Waals surface area contributed by atoms with E-state index in [4.69, 9.17) is 4.74 Å². The van der Waals surface area contributed by atoms with Gasteiger partial charge in [0.1, 0.15) is 5.75 Å². The van der Waals surface area contributed by atoms with Crippen molar-refractivity contribution in [2.24, 2.45) is 5.92 Å². The highest BCUT2D eigenvalue weighted by molar-refractivity contribution is 5.74. The van der Waals surface area contributed by atoms with Crippen molar-refractivity contribution in [2.45, 2.75) is 20.3 Å². The second-order valence-corrected chi connectivity index (χ2v) is 3.48. The van der Waals surface area contributed by atoms with Gasteiger partial charge in [0.15, 0.2) is 0 Å². The molecule has 1 aromatic rings. The third kappa shape index (κ3) is 3.05. The van der Waals surface area contributed by atoms with Gasteiger partial charge in [-0.1, -0.05) is 13.8 Å². The lowest BCUT2D eigenvalue weighted by atomic mass is 10.1. The summed E-state index contributed by atoms with van der Waals surface area (Å²) in [5, 5.41) is 10.4. The first-order chi connectivity index (χ1) is 7.54. The van der Waals surface area contributed by atoms with Crippen LogP contribution in [-0.4, -0.2) is 10.9 Å². The summed E-state index contributed by atoms with van der Waals surface area (Å²) in [6.45, 7) is 3.66. The van der Waals surface area contributed by atoms with Crippen LogP contribution in [0.4, 0.5) is 5.69 Å². The van der Waals surface area contributed by atoms with Crippen LogP contribution in [-0.2, 0) is 4.79 Å². The summed E-state index contributed by atoms with van der Waals surface area (Å²) in [5.41, 5.74) is -0.0247. The molecule has 1 rings (SSSR count). The number of benzene rings is 1. The molecule has 86 valence electrons. The van der Waals surface area contributed by atoms with Gasteiger partial charge in [-0.25, -0.2) is 0 Å². The van der Waals surface area contributed by atoms with Gasteiger partial charge in [-0.05, 0) is 18.6 Å². The highest BCUT2D eigenvalue weighted by Gasteiger charge is 2.13. The van der Waals surface area contributed by atoms with E-state index in [1.165, 1.54) is 24.3 Å². The number of carbonyl (C=O) groups is 1. The number of nitro groups is 1. The first-order valence-electron chi connectivity index (χ1n) is 5.00. The molecule has 0 aliphatic heterocycles. The van der Waals surface area contributed by atoms with Crippen molar-refractivity contribution in [2.75, 3.05) is 0 Å². The van der Waals surface area contributed by atoms with Gasteiger partial charge in [-0.3, -0.25) is 14.9 Å². The lowest BCUT2D eigenvalue weighted by Gasteiger charge is -2.08. The molecule has 0 bridgehead atoms. The molecule has 0 heterocycles. The van der Waals surface area contributed by atoms with Gasteiger partial charge in [-0.2, -0.15) is 0 Å². The largest absolute Gasteiger partial charge is 0.426 e. The Morgan fingerprint density at radius 1 is 1.44 bits per heavy atom. The predicted molar refractivity (Wildman–Crippen MR) is 58.2 cm³/mol. The fourth-order valence-electron chi connectivity index (χ4n) is 1.02. The third-order valence-corrected chi connectivity index (χ3v) is 2.28. The Morgan fingerprint density at radius 2 is 2.00 bits per heavy atom. The van der Waals surface area contributed by atoms with Crippen LogP contribution in [0.5, 0.6) is 5.75 Å². The predicted octanol–water partition coefficient (Wildman–Crippen LogP) is 2.55. The molecule has 0 aliphatic rings. The Kier molecular flexibility index (Phi) is 3.99. The van der Waals surface area contributed by atoms with Gasteiger partial charge in [0.2, 0.25) is 0 Å². The molecular formula is C11H13NO4. The van der Waals surface area contributed by atoms with Gasteiger partial charge in [0.05, 0.1) is 10.8 Å². The summed E-state index contributed by atoms with van der Waals surface area (Å²) >= 11 is 0. The molecule has 5 nitrogen and oxygen atoms in total. The summed E-state index contributed by atoms with van der Waals surface area (Å²) in [6, 6.07) is 5.44. The molecule has 0 spiro atoms. The molecule has 0 aliphatic carbocycles. The van der Waals surface area contributed by atoms with Gasteiger partial charge < -0.3 is 4.74 Å². The number of nitro benzene ring substituents is 1. The normalized spacial score (nSPS) is 11.9. The fourth-order valence-corrected chi connectivity index (χ4v) is 1.02. The Labute approximate surface area is 93.2 Å². The molecule has 0 fully saturated rings. The molecule has 0 radical (unpaired) electrons. The second kappa shape index (κ2) is 5.25. The zero-order valence-corrected chi connectivity index (χ0v) is 9.17. The SMILES string of the molecule is CC[C@@H](C)C(=O)Oc1ccc([N+](=O)[O-])cc1. The molecule has 0 N–H and O–H groups in total. The molecule has 1 atom stereocenters. The van der Waals surface area contributed by atoms with Crippen LogP contribution in [0.1, 0.15) is 20.3 Å². The molecule has 0 saturated carbocycles. The first kappa shape index (κ1) is 12.2. The van der Waals surface area contributed by atoms with Gasteiger partial charge in [-0.15, -0.1) is 0 Å². The average molecular weight is 223 g/mol. The van der Waals surface area contributed by atoms with E-state index in [0.717, 1.165) is 0 Å². The summed E-state index contributed by atoms with van der Waals surface area (Å²) in [6.07, 6.45) is 0.700. The van der Waals surface area contributed by atoms with Crippen LogP contribution in [0.25, 0.3) is 0 Å². The van der Waals surface area contributed by atoms with Crippen molar-refractivity contribution >= 4 is 11.7 Å². The van der Waals surface area contributed by atoms with Crippen molar-refractivity contribution in [3.05, 3.63) is 34.4 Å². The monoisotopic (exact) mass is 223 g/mol. The number of hydrogen-bond acceptors (Lipinski definition) is 4. The quantitative estimate of drug-likeness (QED) is 0.340. The standard InChI is InChI=1S/C11H13NO4/c1-3-8(2)11(13)16-10-6-4-9(5-7-10)12(14)15/h4-8H,3H2,1-2H3/t8-/m1/s1. The molecule has 0 aromatic heterocycles. The molecular weight excluding hydrogens is 210 g/mol. The number of nitrogens with zero attached hydrogens (tertiary/aromatic N) is 1. The highest BCUT2D eigenvalue weighted by atomic mass is 16.6. The molecule has 0 saturated heterocycles. The summed E-state index contributed by atoms with van der Waals surface area (Å²) in [5.74, 6) is -0.164. The lowest BCUT2D eigenvalue weighted by Crippen LogP contribution is -2.16. The van der Waals surface area contributed by atoms with Crippen LogP contribution in [0.2, 0.25) is 0 Å². The Balaban J connectivity index is 2.69. The second-order valence-electron chi connectivity index (χ2n) is 3.48. The van der Waals surface area contributed by atoms with E-state index in [1.54, 1.807) is 6.92 Å². The third-order valence-electron chi connectivity index (χ3n) is 2.28. The van der Waals surface area contributed by atoms with Gasteiger partial charge >= 0.3 is 5.97 Å². The maximum Gasteiger partial charge on any atom is 0.314 e. The van der Waals surface area contributed by atoms with Crippen molar-refractivity contribution in [1.29, 1.82) is 0 Å². The molecule has 1 aromatic carbocycles. The van der Waals surface area contributed by atoms with Crippen molar-refractivity contribution < 1.29 is 14.5 Å². The fraction of sp³-hybridized carbons (Fsp3) is 0.364. The number of esters is 1. The lowest BCUT2D eigenvalue weighted by molar-refractivity contribution is -0.384. The van der Waals surface area contributed by atoms with Crippen molar-refractivity contribution in [1.82, 2.24) is 0 Å². The molecule has 16 heavy (non-hydrogen) atoms. The molecule has 0 amide bonds. The van der Waals surface area contributed by atoms with Crippen molar-refractivity contribution in [3.63, 3.8) is 0 Å². The Hall–Kier alpha value is -1.91. The van der Waals surface area contributed by atoms with Crippen LogP contribution in [0, 0.1) is 16.0 Å². The zero-order chi connectivity index (χ0) is 12.1. The van der Waals surface area contributed by atoms with E-state index >= 15 is 0 Å². The average Bonchev–Trinajstić information content (AvgIpc) is 2.28. The van der Waals surface area contributed by atoms with E-state index in [1.807, 2.05) is 6.92 Å². The van der Waals surface area contributed by atoms with Gasteiger partial charge in [0.25, 0.3) is 5.69 Å². The number of non-ortho nitro benzene ring substituents is 1. The van der Waals surface area contributed by atoms with E-state index in [0.29, 0.717) is 12.2 Å². The van der Waals surface area contributed by atoms with E-state index in [9.17, 15) is 14.9 Å². The summed E-state index contributed by atoms with van der Waals surface area (Å²) < 4.78 is 5.04. The minimum atomic E-state index is -0.500. The van der Waals surface area contributed by atoms with E-state index < -0.39 is 4.92 Å². The minimum Gasteiger partial charge on any atom is -0.426 e. The molecule has 0 unspecified atom stereocenters. The number of carbonyl (C=O) groups excluding carboxylic acids is 1. The Bertz CT molecular complexity index is 385. The smallest absolute Gasteiger partial charge is 0.314 e. The zero-order valence-electron chi connectivity index (χ0n) is 9.17. The van der Waals surface area contributed by atoms with Crippen LogP contribution < -0.4 is 4.74 Å². The van der Waals surface area contributed by atoms with Gasteiger partial charge in [0, 0.05) is 12.1 Å². The number of hydrogen-bond donors (Lipinski definition) is 0. The van der Waals surface area contributed by atoms with Crippen LogP contribution in [0.3, 0.4) is 0 Å². The van der Waals surface area contributed by atoms with Crippen molar-refractivity contribution in [3.8, 4) is 5.75 Å². The van der Waals surface area contributed by atoms with Crippen LogP contribution >= 0.6 is 0 Å². The number of ether oxygens (including phenoxy) is 1. The van der Waals surface area contributed by atoms with E-state index in [2.05, 4.69) is 0 Å². The molecule has 5 heteroatoms. The number of rotatable bonds is 4. The topological polar surface area (TPSA) is 69.4 Å². The maximum atomic E-state index is 11.4. The van der Waals surface area contributed by atoms with Crippen LogP contribution in [0.15, 0.2) is 24.3 Å². The maximum absolute atomic E-state index is 11.4.